The van der Waals surface area contributed by atoms with Crippen molar-refractivity contribution in [2.75, 3.05) is 46.5 Å². The first-order chi connectivity index (χ1) is 14.1. The predicted octanol–water partition coefficient (Wildman–Crippen LogP) is 3.04. The van der Waals surface area contributed by atoms with E-state index in [2.05, 4.69) is 9.80 Å². The highest BCUT2D eigenvalue weighted by Gasteiger charge is 2.52. The van der Waals surface area contributed by atoms with Gasteiger partial charge in [-0.3, -0.25) is 4.79 Å². The van der Waals surface area contributed by atoms with E-state index in [-0.39, 0.29) is 11.7 Å². The van der Waals surface area contributed by atoms with Crippen molar-refractivity contribution in [3.63, 3.8) is 0 Å². The van der Waals surface area contributed by atoms with E-state index in [4.69, 9.17) is 9.47 Å². The second-order valence-electron chi connectivity index (χ2n) is 9.52. The quantitative estimate of drug-likeness (QED) is 0.776. The van der Waals surface area contributed by atoms with E-state index in [9.17, 15) is 9.18 Å². The Bertz CT molecular complexity index is 767. The molecule has 3 aliphatic heterocycles. The standard InChI is InChI=1S/C23H31FN2O3/c1-28-21-10-18(24)2-3-20(21)16-5-8-25(9-6-16)19-4-7-23(11-19)14-26(15-23)22(27)17-12-29-13-17/h2-3,10,16-17,19H,4-9,11-15H2,1H3/t19-/m1/s1. The number of benzene rings is 1. The zero-order chi connectivity index (χ0) is 20.0. The Kier molecular flexibility index (Phi) is 5.03. The van der Waals surface area contributed by atoms with Crippen LogP contribution >= 0.6 is 0 Å². The first kappa shape index (κ1) is 19.3. The van der Waals surface area contributed by atoms with Gasteiger partial charge in [-0.1, -0.05) is 6.07 Å². The topological polar surface area (TPSA) is 42.0 Å². The summed E-state index contributed by atoms with van der Waals surface area (Å²) in [7, 11) is 1.62. The monoisotopic (exact) mass is 402 g/mol. The number of amides is 1. The van der Waals surface area contributed by atoms with Gasteiger partial charge < -0.3 is 19.3 Å². The van der Waals surface area contributed by atoms with Crippen molar-refractivity contribution in [1.29, 1.82) is 0 Å². The lowest BCUT2D eigenvalue weighted by atomic mass is 9.77. The highest BCUT2D eigenvalue weighted by atomic mass is 19.1. The molecule has 1 atom stereocenters. The number of nitrogens with zero attached hydrogens (tertiary/aromatic N) is 2. The smallest absolute Gasteiger partial charge is 0.230 e. The van der Waals surface area contributed by atoms with Gasteiger partial charge in [0.05, 0.1) is 26.2 Å². The van der Waals surface area contributed by atoms with Gasteiger partial charge in [-0.2, -0.15) is 0 Å². The first-order valence-electron chi connectivity index (χ1n) is 11.0. The normalized spacial score (nSPS) is 27.7. The van der Waals surface area contributed by atoms with Crippen LogP contribution in [0, 0.1) is 17.2 Å². The largest absolute Gasteiger partial charge is 0.496 e. The molecule has 1 saturated carbocycles. The molecule has 0 radical (unpaired) electrons. The molecule has 1 aromatic carbocycles. The number of ether oxygens (including phenoxy) is 2. The molecule has 6 heteroatoms. The molecule has 0 aromatic heterocycles. The lowest BCUT2D eigenvalue weighted by molar-refractivity contribution is -0.161. The molecule has 5 rings (SSSR count). The van der Waals surface area contributed by atoms with Gasteiger partial charge in [0.25, 0.3) is 0 Å². The fourth-order valence-corrected chi connectivity index (χ4v) is 5.93. The summed E-state index contributed by atoms with van der Waals surface area (Å²) in [6.07, 6.45) is 5.91. The maximum absolute atomic E-state index is 13.5. The van der Waals surface area contributed by atoms with E-state index in [1.54, 1.807) is 13.2 Å². The molecule has 0 bridgehead atoms. The van der Waals surface area contributed by atoms with Crippen molar-refractivity contribution in [1.82, 2.24) is 9.80 Å². The SMILES string of the molecule is COc1cc(F)ccc1C1CCN([C@@H]2CCC3(C2)CN(C(=O)C2COC2)C3)CC1. The van der Waals surface area contributed by atoms with Gasteiger partial charge >= 0.3 is 0 Å². The van der Waals surface area contributed by atoms with Gasteiger partial charge in [-0.05, 0) is 62.7 Å². The third-order valence-electron chi connectivity index (χ3n) is 7.71. The van der Waals surface area contributed by atoms with Crippen molar-refractivity contribution < 1.29 is 18.7 Å². The molecule has 3 heterocycles. The van der Waals surface area contributed by atoms with Gasteiger partial charge in [0.15, 0.2) is 0 Å². The summed E-state index contributed by atoms with van der Waals surface area (Å²) in [5.41, 5.74) is 1.51. The third kappa shape index (κ3) is 3.55. The Morgan fingerprint density at radius 2 is 1.97 bits per heavy atom. The van der Waals surface area contributed by atoms with E-state index in [1.807, 2.05) is 6.07 Å². The predicted molar refractivity (Wildman–Crippen MR) is 107 cm³/mol. The minimum atomic E-state index is -0.239. The van der Waals surface area contributed by atoms with Crippen LogP contribution in [0.2, 0.25) is 0 Å². The molecule has 1 amide bonds. The summed E-state index contributed by atoms with van der Waals surface area (Å²) in [5, 5.41) is 0. The van der Waals surface area contributed by atoms with Crippen LogP contribution in [0.1, 0.15) is 43.6 Å². The number of methoxy groups -OCH3 is 1. The fourth-order valence-electron chi connectivity index (χ4n) is 5.93. The van der Waals surface area contributed by atoms with Crippen LogP contribution in [0.3, 0.4) is 0 Å². The maximum atomic E-state index is 13.5. The molecule has 4 aliphatic rings. The molecule has 1 aliphatic carbocycles. The molecule has 4 fully saturated rings. The summed E-state index contributed by atoms with van der Waals surface area (Å²) in [5.74, 6) is 1.31. The van der Waals surface area contributed by atoms with Gasteiger partial charge in [-0.15, -0.1) is 0 Å². The van der Waals surface area contributed by atoms with Gasteiger partial charge in [0.2, 0.25) is 5.91 Å². The molecular weight excluding hydrogens is 371 g/mol. The molecule has 29 heavy (non-hydrogen) atoms. The summed E-state index contributed by atoms with van der Waals surface area (Å²) in [4.78, 5) is 17.1. The van der Waals surface area contributed by atoms with Crippen molar-refractivity contribution >= 4 is 5.91 Å². The molecule has 5 nitrogen and oxygen atoms in total. The summed E-state index contributed by atoms with van der Waals surface area (Å²) >= 11 is 0. The minimum absolute atomic E-state index is 0.118. The molecule has 1 aromatic rings. The number of hydrogen-bond donors (Lipinski definition) is 0. The Morgan fingerprint density at radius 3 is 2.62 bits per heavy atom. The van der Waals surface area contributed by atoms with Gasteiger partial charge in [0, 0.05) is 30.6 Å². The zero-order valence-electron chi connectivity index (χ0n) is 17.2. The average molecular weight is 403 g/mol. The van der Waals surface area contributed by atoms with Crippen LogP contribution in [0.5, 0.6) is 5.75 Å². The number of piperidine rings is 1. The highest BCUT2D eigenvalue weighted by molar-refractivity contribution is 5.80. The summed E-state index contributed by atoms with van der Waals surface area (Å²) < 4.78 is 24.1. The van der Waals surface area contributed by atoms with Crippen molar-refractivity contribution in [3.8, 4) is 5.75 Å². The molecule has 0 N–H and O–H groups in total. The summed E-state index contributed by atoms with van der Waals surface area (Å²) in [6, 6.07) is 5.59. The lowest BCUT2D eigenvalue weighted by Gasteiger charge is -2.50. The van der Waals surface area contributed by atoms with Crippen molar-refractivity contribution in [2.24, 2.45) is 11.3 Å². The lowest BCUT2D eigenvalue weighted by Crippen LogP contribution is -2.61. The van der Waals surface area contributed by atoms with Crippen LogP contribution in [-0.2, 0) is 9.53 Å². The Morgan fingerprint density at radius 1 is 1.21 bits per heavy atom. The van der Waals surface area contributed by atoms with Crippen LogP contribution < -0.4 is 4.74 Å². The molecule has 3 saturated heterocycles. The average Bonchev–Trinajstić information content (AvgIpc) is 3.11. The number of rotatable bonds is 4. The van der Waals surface area contributed by atoms with E-state index >= 15 is 0 Å². The maximum Gasteiger partial charge on any atom is 0.230 e. The molecule has 0 unspecified atom stereocenters. The molecular formula is C23H31FN2O3. The Hall–Kier alpha value is -1.66. The van der Waals surface area contributed by atoms with Crippen LogP contribution in [0.15, 0.2) is 18.2 Å². The van der Waals surface area contributed by atoms with Gasteiger partial charge in [0.1, 0.15) is 11.6 Å². The second kappa shape index (κ2) is 7.55. The number of carbonyl (C=O) groups excluding carboxylic acids is 1. The van der Waals surface area contributed by atoms with E-state index in [1.165, 1.54) is 25.3 Å². The molecule has 158 valence electrons. The minimum Gasteiger partial charge on any atom is -0.496 e. The number of halogens is 1. The van der Waals surface area contributed by atoms with E-state index < -0.39 is 0 Å². The van der Waals surface area contributed by atoms with Crippen molar-refractivity contribution in [2.45, 2.75) is 44.1 Å². The number of hydrogen-bond acceptors (Lipinski definition) is 4. The highest BCUT2D eigenvalue weighted by Crippen LogP contribution is 2.48. The van der Waals surface area contributed by atoms with Crippen LogP contribution in [0.4, 0.5) is 4.39 Å². The Labute approximate surface area is 172 Å². The second-order valence-corrected chi connectivity index (χ2v) is 9.52. The van der Waals surface area contributed by atoms with Crippen molar-refractivity contribution in [3.05, 3.63) is 29.6 Å². The van der Waals surface area contributed by atoms with E-state index in [0.29, 0.717) is 42.2 Å². The Balaban J connectivity index is 1.13. The third-order valence-corrected chi connectivity index (χ3v) is 7.71. The first-order valence-corrected chi connectivity index (χ1v) is 11.0. The van der Waals surface area contributed by atoms with Gasteiger partial charge in [-0.25, -0.2) is 4.39 Å². The molecule has 1 spiro atoms. The van der Waals surface area contributed by atoms with E-state index in [0.717, 1.165) is 44.6 Å². The zero-order valence-corrected chi connectivity index (χ0v) is 17.2. The number of likely N-dealkylation sites (tertiary alicyclic amines) is 2. The van der Waals surface area contributed by atoms with Crippen LogP contribution in [-0.4, -0.2) is 68.3 Å². The number of carbonyl (C=O) groups is 1. The van der Waals surface area contributed by atoms with Crippen LogP contribution in [0.25, 0.3) is 0 Å². The fraction of sp³-hybridized carbons (Fsp3) is 0.696. The summed E-state index contributed by atoms with van der Waals surface area (Å²) in [6.45, 7) is 5.30.